The van der Waals surface area contributed by atoms with E-state index in [1.54, 1.807) is 16.7 Å². The lowest BCUT2D eigenvalue weighted by molar-refractivity contribution is 0.102. The van der Waals surface area contributed by atoms with Crippen LogP contribution in [0.25, 0.3) is 16.7 Å². The number of allylic oxidation sites excluding steroid dienone is 1. The number of para-hydroxylation sites is 1. The molecule has 158 valence electrons. The van der Waals surface area contributed by atoms with Crippen LogP contribution in [0, 0.1) is 27.7 Å². The van der Waals surface area contributed by atoms with Gasteiger partial charge in [0, 0.05) is 12.1 Å². The predicted octanol–water partition coefficient (Wildman–Crippen LogP) is 4.44. The Morgan fingerprint density at radius 2 is 1.77 bits per heavy atom. The fourth-order valence-electron chi connectivity index (χ4n) is 3.96. The summed E-state index contributed by atoms with van der Waals surface area (Å²) in [5.74, 6) is 0.741. The molecule has 0 atom stereocenters. The zero-order chi connectivity index (χ0) is 22.3. The zero-order valence-corrected chi connectivity index (χ0v) is 18.9. The molecule has 0 aliphatic rings. The van der Waals surface area contributed by atoms with E-state index in [0.29, 0.717) is 22.9 Å². The number of carbonyl (C=O) groups is 1. The van der Waals surface area contributed by atoms with Crippen LogP contribution >= 0.6 is 11.8 Å². The van der Waals surface area contributed by atoms with Gasteiger partial charge in [-0.05, 0) is 62.1 Å². The molecule has 0 radical (unpaired) electrons. The van der Waals surface area contributed by atoms with E-state index in [0.717, 1.165) is 33.3 Å². The van der Waals surface area contributed by atoms with Crippen molar-refractivity contribution in [1.82, 2.24) is 19.2 Å². The minimum absolute atomic E-state index is 0.0623. The first-order valence-electron chi connectivity index (χ1n) is 10.1. The number of ketones is 1. The Morgan fingerprint density at radius 3 is 2.45 bits per heavy atom. The first-order valence-corrected chi connectivity index (χ1v) is 11.0. The highest BCUT2D eigenvalue weighted by atomic mass is 32.2. The first-order chi connectivity index (χ1) is 14.8. The van der Waals surface area contributed by atoms with Crippen molar-refractivity contribution in [3.63, 3.8) is 0 Å². The predicted molar refractivity (Wildman–Crippen MR) is 125 cm³/mol. The number of hydrogen-bond acceptors (Lipinski definition) is 5. The number of Topliss-reactive ketones (excluding diaryl/α,β-unsaturated/α-hetero) is 1. The molecule has 0 fully saturated rings. The Bertz CT molecular complexity index is 1390. The van der Waals surface area contributed by atoms with Crippen LogP contribution in [0.15, 0.2) is 52.9 Å². The van der Waals surface area contributed by atoms with E-state index in [1.807, 2.05) is 50.3 Å². The minimum atomic E-state index is -0.135. The van der Waals surface area contributed by atoms with Crippen LogP contribution in [-0.2, 0) is 6.54 Å². The summed E-state index contributed by atoms with van der Waals surface area (Å²) >= 11 is 1.33. The summed E-state index contributed by atoms with van der Waals surface area (Å²) in [6.45, 7) is 12.1. The van der Waals surface area contributed by atoms with E-state index >= 15 is 0 Å². The molecule has 6 nitrogen and oxygen atoms in total. The molecule has 7 heteroatoms. The van der Waals surface area contributed by atoms with E-state index in [1.165, 1.54) is 11.8 Å². The number of hydrogen-bond donors (Lipinski definition) is 0. The maximum Gasteiger partial charge on any atom is 0.263 e. The number of thioether (sulfide) groups is 1. The van der Waals surface area contributed by atoms with Crippen molar-refractivity contribution in [2.24, 2.45) is 0 Å². The molecule has 0 N–H and O–H groups in total. The van der Waals surface area contributed by atoms with Crippen LogP contribution < -0.4 is 5.56 Å². The summed E-state index contributed by atoms with van der Waals surface area (Å²) < 4.78 is 3.39. The van der Waals surface area contributed by atoms with Gasteiger partial charge in [0.05, 0.1) is 16.7 Å². The molecule has 0 spiro atoms. The quantitative estimate of drug-likeness (QED) is 0.256. The van der Waals surface area contributed by atoms with Gasteiger partial charge in [0.2, 0.25) is 5.78 Å². The molecule has 0 aliphatic carbocycles. The summed E-state index contributed by atoms with van der Waals surface area (Å²) in [5, 5.41) is 9.72. The molecule has 0 saturated carbocycles. The van der Waals surface area contributed by atoms with Gasteiger partial charge in [-0.3, -0.25) is 18.6 Å². The number of aromatic nitrogens is 4. The van der Waals surface area contributed by atoms with Crippen molar-refractivity contribution >= 4 is 34.2 Å². The van der Waals surface area contributed by atoms with Gasteiger partial charge in [-0.2, -0.15) is 0 Å². The van der Waals surface area contributed by atoms with Gasteiger partial charge in [0.15, 0.2) is 10.9 Å². The number of aryl methyl sites for hydroxylation is 2. The van der Waals surface area contributed by atoms with Gasteiger partial charge in [0.1, 0.15) is 0 Å². The molecule has 0 unspecified atom stereocenters. The van der Waals surface area contributed by atoms with Crippen molar-refractivity contribution in [3.05, 3.63) is 81.2 Å². The van der Waals surface area contributed by atoms with Gasteiger partial charge in [-0.15, -0.1) is 16.8 Å². The molecule has 0 saturated heterocycles. The van der Waals surface area contributed by atoms with Crippen molar-refractivity contribution in [3.8, 4) is 0 Å². The van der Waals surface area contributed by atoms with Gasteiger partial charge in [0.25, 0.3) is 5.56 Å². The van der Waals surface area contributed by atoms with E-state index in [2.05, 4.69) is 22.8 Å². The molecule has 4 aromatic rings. The van der Waals surface area contributed by atoms with Gasteiger partial charge < -0.3 is 0 Å². The lowest BCUT2D eigenvalue weighted by Gasteiger charge is -2.14. The van der Waals surface area contributed by atoms with Crippen molar-refractivity contribution in [1.29, 1.82) is 0 Å². The molecule has 4 rings (SSSR count). The fraction of sp³-hybridized carbons (Fsp3) is 0.250. The third kappa shape index (κ3) is 3.49. The van der Waals surface area contributed by atoms with E-state index in [4.69, 9.17) is 0 Å². The van der Waals surface area contributed by atoms with Gasteiger partial charge in [-0.1, -0.05) is 36.0 Å². The highest BCUT2D eigenvalue weighted by molar-refractivity contribution is 7.99. The summed E-state index contributed by atoms with van der Waals surface area (Å²) in [7, 11) is 0. The average Bonchev–Trinajstić information content (AvgIpc) is 3.18. The number of fused-ring (bicyclic) bond motifs is 3. The molecule has 0 bridgehead atoms. The maximum absolute atomic E-state index is 13.2. The Balaban J connectivity index is 1.78. The van der Waals surface area contributed by atoms with E-state index < -0.39 is 0 Å². The molecule has 0 amide bonds. The third-order valence-corrected chi connectivity index (χ3v) is 6.70. The lowest BCUT2D eigenvalue weighted by atomic mass is 9.92. The second-order valence-electron chi connectivity index (χ2n) is 7.69. The Morgan fingerprint density at radius 1 is 1.10 bits per heavy atom. The lowest BCUT2D eigenvalue weighted by Crippen LogP contribution is -2.22. The fourth-order valence-corrected chi connectivity index (χ4v) is 4.77. The van der Waals surface area contributed by atoms with Gasteiger partial charge >= 0.3 is 0 Å². The number of carbonyl (C=O) groups excluding carboxylic acids is 1. The molecular weight excluding hydrogens is 408 g/mol. The summed E-state index contributed by atoms with van der Waals surface area (Å²) in [4.78, 5) is 26.1. The van der Waals surface area contributed by atoms with Crippen LogP contribution in [0.3, 0.4) is 0 Å². The average molecular weight is 433 g/mol. The second-order valence-corrected chi connectivity index (χ2v) is 8.63. The highest BCUT2D eigenvalue weighted by Gasteiger charge is 2.20. The topological polar surface area (TPSA) is 69.3 Å². The number of nitrogens with zero attached hydrogens (tertiary/aromatic N) is 4. The Hall–Kier alpha value is -3.19. The largest absolute Gasteiger partial charge is 0.293 e. The maximum atomic E-state index is 13.2. The molecule has 2 aromatic heterocycles. The normalized spacial score (nSPS) is 11.4. The summed E-state index contributed by atoms with van der Waals surface area (Å²) in [5.41, 5.74) is 5.64. The third-order valence-electron chi connectivity index (χ3n) is 5.77. The number of benzene rings is 2. The molecule has 2 aromatic carbocycles. The molecule has 2 heterocycles. The number of rotatable bonds is 6. The van der Waals surface area contributed by atoms with Crippen LogP contribution in [0.4, 0.5) is 0 Å². The highest BCUT2D eigenvalue weighted by Crippen LogP contribution is 2.26. The minimum Gasteiger partial charge on any atom is -0.293 e. The van der Waals surface area contributed by atoms with Crippen LogP contribution in [0.5, 0.6) is 0 Å². The monoisotopic (exact) mass is 432 g/mol. The standard InChI is InChI=1S/C24H24N4O2S/c1-6-11-27-22(30)18-9-7-8-10-19(18)28-23(27)25-26-24(28)31-13-20(29)21-16(4)14(2)12-15(3)17(21)5/h6-10,12H,1,11,13H2,2-5H3. The Kier molecular flexibility index (Phi) is 5.54. The van der Waals surface area contributed by atoms with Crippen molar-refractivity contribution in [2.45, 2.75) is 39.4 Å². The Labute approximate surface area is 184 Å². The summed E-state index contributed by atoms with van der Waals surface area (Å²) in [6, 6.07) is 9.49. The second kappa shape index (κ2) is 8.15. The van der Waals surface area contributed by atoms with Crippen molar-refractivity contribution in [2.75, 3.05) is 5.75 Å². The SMILES string of the molecule is C=CCn1c(=O)c2ccccc2n2c(SCC(=O)c3c(C)c(C)cc(C)c3C)nnc12. The van der Waals surface area contributed by atoms with Crippen LogP contribution in [-0.4, -0.2) is 30.7 Å². The van der Waals surface area contributed by atoms with Crippen LogP contribution in [0.2, 0.25) is 0 Å². The van der Waals surface area contributed by atoms with Gasteiger partial charge in [-0.25, -0.2) is 0 Å². The molecule has 0 aliphatic heterocycles. The summed E-state index contributed by atoms with van der Waals surface area (Å²) in [6.07, 6.45) is 1.66. The molecule has 31 heavy (non-hydrogen) atoms. The first kappa shape index (κ1) is 21.1. The van der Waals surface area contributed by atoms with Crippen molar-refractivity contribution < 1.29 is 4.79 Å². The van der Waals surface area contributed by atoms with Crippen LogP contribution in [0.1, 0.15) is 32.6 Å². The van der Waals surface area contributed by atoms with E-state index in [-0.39, 0.29) is 17.1 Å². The molecular formula is C24H24N4O2S. The zero-order valence-electron chi connectivity index (χ0n) is 18.1. The van der Waals surface area contributed by atoms with E-state index in [9.17, 15) is 9.59 Å². The smallest absolute Gasteiger partial charge is 0.263 e.